The molecule has 3 aromatic carbocycles. The largest absolute Gasteiger partial charge is 0.493 e. The number of hydrogen-bond donors (Lipinski definition) is 1. The molecular weight excluding hydrogens is 497 g/mol. The van der Waals surface area contributed by atoms with E-state index in [9.17, 15) is 14.9 Å². The third-order valence-electron chi connectivity index (χ3n) is 4.69. The monoisotopic (exact) mass is 517 g/mol. The maximum atomic E-state index is 12.3. The summed E-state index contributed by atoms with van der Waals surface area (Å²) in [7, 11) is 1.42. The van der Waals surface area contributed by atoms with Crippen LogP contribution in [-0.2, 0) is 11.4 Å². The van der Waals surface area contributed by atoms with Gasteiger partial charge in [0.25, 0.3) is 11.6 Å². The number of amides is 1. The average molecular weight is 518 g/mol. The lowest BCUT2D eigenvalue weighted by molar-refractivity contribution is -0.385. The third kappa shape index (κ3) is 7.08. The van der Waals surface area contributed by atoms with Crippen LogP contribution in [0, 0.1) is 10.1 Å². The fourth-order valence-corrected chi connectivity index (χ4v) is 3.36. The van der Waals surface area contributed by atoms with Gasteiger partial charge in [-0.1, -0.05) is 53.5 Å². The smallest absolute Gasteiger partial charge is 0.282 e. The fourth-order valence-electron chi connectivity index (χ4n) is 2.91. The zero-order chi connectivity index (χ0) is 25.4. The van der Waals surface area contributed by atoms with E-state index >= 15 is 0 Å². The minimum Gasteiger partial charge on any atom is -0.493 e. The SMILES string of the molecule is COc1cc(/C=N/NC(=O)[C@H](C)Oc2ccc(Cl)cc2Cl)c([N+](=O)[O-])cc1OCc1ccccc1. The van der Waals surface area contributed by atoms with Crippen LogP contribution in [0.3, 0.4) is 0 Å². The first-order valence-electron chi connectivity index (χ1n) is 10.3. The molecule has 0 bridgehead atoms. The lowest BCUT2D eigenvalue weighted by Gasteiger charge is -2.14. The Morgan fingerprint density at radius 1 is 1.11 bits per heavy atom. The van der Waals surface area contributed by atoms with E-state index in [2.05, 4.69) is 10.5 Å². The Labute approximate surface area is 211 Å². The molecule has 11 heteroatoms. The third-order valence-corrected chi connectivity index (χ3v) is 5.22. The second-order valence-electron chi connectivity index (χ2n) is 7.16. The summed E-state index contributed by atoms with van der Waals surface area (Å²) in [5.74, 6) is 0.151. The molecule has 0 spiro atoms. The summed E-state index contributed by atoms with van der Waals surface area (Å²) in [6, 6.07) is 16.6. The molecular formula is C24H21Cl2N3O6. The molecule has 0 saturated carbocycles. The summed E-state index contributed by atoms with van der Waals surface area (Å²) in [6.45, 7) is 1.70. The van der Waals surface area contributed by atoms with E-state index in [1.807, 2.05) is 30.3 Å². The highest BCUT2D eigenvalue weighted by Gasteiger charge is 2.20. The predicted molar refractivity (Wildman–Crippen MR) is 133 cm³/mol. The topological polar surface area (TPSA) is 112 Å². The van der Waals surface area contributed by atoms with Crippen LogP contribution in [0.25, 0.3) is 0 Å². The predicted octanol–water partition coefficient (Wildman–Crippen LogP) is 5.41. The molecule has 3 rings (SSSR count). The number of carbonyl (C=O) groups is 1. The van der Waals surface area contributed by atoms with Gasteiger partial charge in [-0.2, -0.15) is 5.10 Å². The van der Waals surface area contributed by atoms with Gasteiger partial charge < -0.3 is 14.2 Å². The highest BCUT2D eigenvalue weighted by molar-refractivity contribution is 6.35. The van der Waals surface area contributed by atoms with Crippen molar-refractivity contribution in [2.75, 3.05) is 7.11 Å². The van der Waals surface area contributed by atoms with Gasteiger partial charge >= 0.3 is 0 Å². The van der Waals surface area contributed by atoms with Gasteiger partial charge in [0.1, 0.15) is 12.4 Å². The second kappa shape index (κ2) is 12.0. The van der Waals surface area contributed by atoms with Crippen molar-refractivity contribution in [3.63, 3.8) is 0 Å². The highest BCUT2D eigenvalue weighted by Crippen LogP contribution is 2.34. The number of benzene rings is 3. The maximum absolute atomic E-state index is 12.3. The standard InChI is InChI=1S/C24H21Cl2N3O6/c1-15(35-21-9-8-18(25)11-19(21)26)24(30)28-27-13-17-10-22(33-2)23(12-20(17)29(31)32)34-14-16-6-4-3-5-7-16/h3-13,15H,14H2,1-2H3,(H,28,30)/b27-13+/t15-/m0/s1. The number of ether oxygens (including phenoxy) is 3. The zero-order valence-electron chi connectivity index (χ0n) is 18.7. The lowest BCUT2D eigenvalue weighted by atomic mass is 10.1. The van der Waals surface area contributed by atoms with Crippen molar-refractivity contribution in [3.05, 3.63) is 92.0 Å². The first kappa shape index (κ1) is 25.8. The molecule has 0 heterocycles. The number of nitrogens with one attached hydrogen (secondary N) is 1. The summed E-state index contributed by atoms with van der Waals surface area (Å²) in [5.41, 5.74) is 3.01. The van der Waals surface area contributed by atoms with Crippen molar-refractivity contribution >= 4 is 41.0 Å². The molecule has 0 aromatic heterocycles. The fraction of sp³-hybridized carbons (Fsp3) is 0.167. The summed E-state index contributed by atoms with van der Waals surface area (Å²) < 4.78 is 16.6. The molecule has 0 aliphatic carbocycles. The Balaban J connectivity index is 1.71. The van der Waals surface area contributed by atoms with Crippen LogP contribution in [0.4, 0.5) is 5.69 Å². The first-order valence-corrected chi connectivity index (χ1v) is 11.0. The zero-order valence-corrected chi connectivity index (χ0v) is 20.2. The Hall–Kier alpha value is -3.82. The first-order chi connectivity index (χ1) is 16.8. The van der Waals surface area contributed by atoms with E-state index in [-0.39, 0.29) is 40.1 Å². The molecule has 0 radical (unpaired) electrons. The number of carbonyl (C=O) groups excluding carboxylic acids is 1. The second-order valence-corrected chi connectivity index (χ2v) is 8.01. The Morgan fingerprint density at radius 2 is 1.86 bits per heavy atom. The summed E-state index contributed by atoms with van der Waals surface area (Å²) >= 11 is 11.9. The number of hydrazone groups is 1. The van der Waals surface area contributed by atoms with Crippen molar-refractivity contribution in [3.8, 4) is 17.2 Å². The number of nitro groups is 1. The number of nitrogens with zero attached hydrogens (tertiary/aromatic N) is 2. The minimum atomic E-state index is -0.955. The summed E-state index contributed by atoms with van der Waals surface area (Å²) in [5, 5.41) is 16.1. The van der Waals surface area contributed by atoms with Crippen molar-refractivity contribution in [2.45, 2.75) is 19.6 Å². The van der Waals surface area contributed by atoms with E-state index in [1.165, 1.54) is 38.3 Å². The Morgan fingerprint density at radius 3 is 2.51 bits per heavy atom. The van der Waals surface area contributed by atoms with Crippen molar-refractivity contribution in [1.29, 1.82) is 0 Å². The van der Waals surface area contributed by atoms with Gasteiger partial charge in [0.2, 0.25) is 0 Å². The van der Waals surface area contributed by atoms with Crippen molar-refractivity contribution in [2.24, 2.45) is 5.10 Å². The quantitative estimate of drug-likeness (QED) is 0.218. The van der Waals surface area contributed by atoms with Crippen LogP contribution in [0.5, 0.6) is 17.2 Å². The Bertz CT molecular complexity index is 1240. The van der Waals surface area contributed by atoms with E-state index in [0.29, 0.717) is 5.02 Å². The molecule has 1 N–H and O–H groups in total. The molecule has 0 saturated heterocycles. The molecule has 0 aliphatic rings. The lowest BCUT2D eigenvalue weighted by Crippen LogP contribution is -2.33. The molecule has 0 unspecified atom stereocenters. The van der Waals surface area contributed by atoms with Crippen LogP contribution >= 0.6 is 23.2 Å². The van der Waals surface area contributed by atoms with Crippen LogP contribution < -0.4 is 19.6 Å². The van der Waals surface area contributed by atoms with Crippen molar-refractivity contribution in [1.82, 2.24) is 5.43 Å². The van der Waals surface area contributed by atoms with Crippen LogP contribution in [-0.4, -0.2) is 30.3 Å². The number of methoxy groups -OCH3 is 1. The molecule has 35 heavy (non-hydrogen) atoms. The van der Waals surface area contributed by atoms with E-state index in [4.69, 9.17) is 37.4 Å². The molecule has 3 aromatic rings. The molecule has 1 amide bonds. The molecule has 182 valence electrons. The minimum absolute atomic E-state index is 0.105. The number of nitro benzene ring substituents is 1. The van der Waals surface area contributed by atoms with E-state index < -0.39 is 16.9 Å². The summed E-state index contributed by atoms with van der Waals surface area (Å²) in [6.07, 6.45) is 0.186. The highest BCUT2D eigenvalue weighted by atomic mass is 35.5. The van der Waals surface area contributed by atoms with Crippen LogP contribution in [0.2, 0.25) is 10.0 Å². The normalized spacial score (nSPS) is 11.7. The van der Waals surface area contributed by atoms with Crippen LogP contribution in [0.15, 0.2) is 65.8 Å². The van der Waals surface area contributed by atoms with Gasteiger partial charge in [0.05, 0.1) is 34.9 Å². The van der Waals surface area contributed by atoms with Crippen LogP contribution in [0.1, 0.15) is 18.1 Å². The molecule has 1 atom stereocenters. The Kier molecular flexibility index (Phi) is 8.88. The number of halogens is 2. The van der Waals surface area contributed by atoms with Gasteiger partial charge in [-0.05, 0) is 36.8 Å². The average Bonchev–Trinajstić information content (AvgIpc) is 2.84. The number of hydrogen-bond acceptors (Lipinski definition) is 7. The summed E-state index contributed by atoms with van der Waals surface area (Å²) in [4.78, 5) is 23.4. The van der Waals surface area contributed by atoms with Crippen molar-refractivity contribution < 1.29 is 23.9 Å². The van der Waals surface area contributed by atoms with Gasteiger partial charge in [-0.15, -0.1) is 0 Å². The molecule has 9 nitrogen and oxygen atoms in total. The van der Waals surface area contributed by atoms with E-state index in [1.54, 1.807) is 6.07 Å². The number of rotatable bonds is 10. The van der Waals surface area contributed by atoms with E-state index in [0.717, 1.165) is 11.8 Å². The van der Waals surface area contributed by atoms with Gasteiger partial charge in [0.15, 0.2) is 17.6 Å². The van der Waals surface area contributed by atoms with Gasteiger partial charge in [0, 0.05) is 5.02 Å². The van der Waals surface area contributed by atoms with Gasteiger partial charge in [-0.3, -0.25) is 14.9 Å². The molecule has 0 fully saturated rings. The maximum Gasteiger partial charge on any atom is 0.282 e. The van der Waals surface area contributed by atoms with Gasteiger partial charge in [-0.25, -0.2) is 5.43 Å². The molecule has 0 aliphatic heterocycles.